The van der Waals surface area contributed by atoms with Gasteiger partial charge in [0, 0.05) is 6.07 Å². The summed E-state index contributed by atoms with van der Waals surface area (Å²) in [5.74, 6) is -1.67. The van der Waals surface area contributed by atoms with Gasteiger partial charge >= 0.3 is 5.97 Å². The summed E-state index contributed by atoms with van der Waals surface area (Å²) in [7, 11) is 1.37. The average Bonchev–Trinajstić information content (AvgIpc) is 2.78. The summed E-state index contributed by atoms with van der Waals surface area (Å²) in [6.07, 6.45) is 0. The van der Waals surface area contributed by atoms with Crippen LogP contribution in [0, 0.1) is 6.92 Å². The normalized spacial score (nSPS) is 10.5. The number of carboxylic acid groups (broad SMARTS) is 1. The van der Waals surface area contributed by atoms with Gasteiger partial charge < -0.3 is 19.5 Å². The molecule has 1 aromatic carbocycles. The Kier molecular flexibility index (Phi) is 3.35. The minimum absolute atomic E-state index is 0.0992. The molecule has 100 valence electrons. The predicted octanol–water partition coefficient (Wildman–Crippen LogP) is 2.72. The second-order valence-corrected chi connectivity index (χ2v) is 4.22. The Balaban J connectivity index is 2.64. The molecule has 0 amide bonds. The van der Waals surface area contributed by atoms with Gasteiger partial charge in [0.2, 0.25) is 5.76 Å². The van der Waals surface area contributed by atoms with Crippen molar-refractivity contribution in [2.24, 2.45) is 0 Å². The lowest BCUT2D eigenvalue weighted by Crippen LogP contribution is -1.92. The summed E-state index contributed by atoms with van der Waals surface area (Å²) in [5, 5.41) is 22.8. The largest absolute Gasteiger partial charge is 0.504 e. The molecule has 0 atom stereocenters. The number of aromatic nitrogens is 1. The van der Waals surface area contributed by atoms with Gasteiger partial charge in [-0.05, 0) is 18.6 Å². The lowest BCUT2D eigenvalue weighted by Gasteiger charge is -2.11. The van der Waals surface area contributed by atoms with E-state index in [1.807, 2.05) is 0 Å². The number of nitrogens with zero attached hydrogens (tertiary/aromatic N) is 1. The molecule has 2 rings (SSSR count). The van der Waals surface area contributed by atoms with E-state index in [9.17, 15) is 9.90 Å². The molecule has 0 fully saturated rings. The second kappa shape index (κ2) is 4.81. The SMILES string of the molecule is COc1c(Cl)cc(C)c(-c2cc(C(=O)O)on2)c1O. The Morgan fingerprint density at radius 2 is 2.16 bits per heavy atom. The molecular weight excluding hydrogens is 274 g/mol. The van der Waals surface area contributed by atoms with Crippen LogP contribution in [0.2, 0.25) is 5.02 Å². The van der Waals surface area contributed by atoms with Crippen molar-refractivity contribution in [2.45, 2.75) is 6.92 Å². The van der Waals surface area contributed by atoms with Gasteiger partial charge in [0.15, 0.2) is 11.5 Å². The zero-order chi connectivity index (χ0) is 14.2. The summed E-state index contributed by atoms with van der Waals surface area (Å²) in [4.78, 5) is 10.8. The number of benzene rings is 1. The van der Waals surface area contributed by atoms with Gasteiger partial charge in [-0.15, -0.1) is 0 Å². The van der Waals surface area contributed by atoms with Crippen LogP contribution in [0.15, 0.2) is 16.7 Å². The van der Waals surface area contributed by atoms with Gasteiger partial charge in [-0.3, -0.25) is 0 Å². The quantitative estimate of drug-likeness (QED) is 0.899. The number of rotatable bonds is 3. The average molecular weight is 284 g/mol. The van der Waals surface area contributed by atoms with Gasteiger partial charge in [0.05, 0.1) is 17.7 Å². The molecular formula is C12H10ClNO5. The molecule has 7 heteroatoms. The van der Waals surface area contributed by atoms with Gasteiger partial charge in [0.25, 0.3) is 0 Å². The van der Waals surface area contributed by atoms with Crippen LogP contribution in [-0.2, 0) is 0 Å². The highest BCUT2D eigenvalue weighted by Crippen LogP contribution is 2.43. The molecule has 0 radical (unpaired) electrons. The fraction of sp³-hybridized carbons (Fsp3) is 0.167. The molecule has 2 aromatic rings. The number of carbonyl (C=O) groups is 1. The zero-order valence-corrected chi connectivity index (χ0v) is 10.9. The molecule has 1 heterocycles. The molecule has 0 aliphatic rings. The third-order valence-electron chi connectivity index (χ3n) is 2.59. The zero-order valence-electron chi connectivity index (χ0n) is 10.1. The second-order valence-electron chi connectivity index (χ2n) is 3.81. The first kappa shape index (κ1) is 13.2. The molecule has 2 N–H and O–H groups in total. The highest BCUT2D eigenvalue weighted by molar-refractivity contribution is 6.32. The van der Waals surface area contributed by atoms with Crippen LogP contribution >= 0.6 is 11.6 Å². The van der Waals surface area contributed by atoms with E-state index in [1.165, 1.54) is 13.2 Å². The van der Waals surface area contributed by atoms with E-state index in [1.54, 1.807) is 13.0 Å². The molecule has 0 unspecified atom stereocenters. The number of hydrogen-bond acceptors (Lipinski definition) is 5. The van der Waals surface area contributed by atoms with E-state index in [-0.39, 0.29) is 28.0 Å². The van der Waals surface area contributed by atoms with Crippen molar-refractivity contribution < 1.29 is 24.3 Å². The van der Waals surface area contributed by atoms with E-state index in [0.29, 0.717) is 11.1 Å². The Morgan fingerprint density at radius 3 is 2.68 bits per heavy atom. The van der Waals surface area contributed by atoms with Crippen LogP contribution in [-0.4, -0.2) is 28.4 Å². The molecule has 1 aromatic heterocycles. The summed E-state index contributed by atoms with van der Waals surface area (Å²) in [6, 6.07) is 2.81. The van der Waals surface area contributed by atoms with Crippen LogP contribution < -0.4 is 4.74 Å². The van der Waals surface area contributed by atoms with E-state index < -0.39 is 5.97 Å². The summed E-state index contributed by atoms with van der Waals surface area (Å²) in [5.41, 5.74) is 1.13. The Labute approximate surface area is 113 Å². The van der Waals surface area contributed by atoms with Gasteiger partial charge in [0.1, 0.15) is 5.69 Å². The van der Waals surface area contributed by atoms with Gasteiger partial charge in [-0.1, -0.05) is 16.8 Å². The predicted molar refractivity (Wildman–Crippen MR) is 66.9 cm³/mol. The standard InChI is InChI=1S/C12H10ClNO5/c1-5-3-6(13)11(18-2)10(15)9(5)7-4-8(12(16)17)19-14-7/h3-4,15H,1-2H3,(H,16,17). The van der Waals surface area contributed by atoms with Crippen LogP contribution in [0.25, 0.3) is 11.3 Å². The lowest BCUT2D eigenvalue weighted by atomic mass is 10.0. The van der Waals surface area contributed by atoms with Gasteiger partial charge in [-0.2, -0.15) is 0 Å². The smallest absolute Gasteiger partial charge is 0.374 e. The van der Waals surface area contributed by atoms with Crippen molar-refractivity contribution in [1.29, 1.82) is 0 Å². The number of aryl methyl sites for hydroxylation is 1. The van der Waals surface area contributed by atoms with Crippen molar-refractivity contribution in [3.8, 4) is 22.8 Å². The van der Waals surface area contributed by atoms with Crippen LogP contribution in [0.3, 0.4) is 0 Å². The van der Waals surface area contributed by atoms with Gasteiger partial charge in [-0.25, -0.2) is 4.79 Å². The molecule has 0 aliphatic heterocycles. The van der Waals surface area contributed by atoms with Crippen molar-refractivity contribution in [1.82, 2.24) is 5.16 Å². The fourth-order valence-corrected chi connectivity index (χ4v) is 2.08. The number of ether oxygens (including phenoxy) is 1. The van der Waals surface area contributed by atoms with Crippen molar-refractivity contribution in [3.63, 3.8) is 0 Å². The van der Waals surface area contributed by atoms with Crippen LogP contribution in [0.5, 0.6) is 11.5 Å². The number of carboxylic acids is 1. The van der Waals surface area contributed by atoms with E-state index in [0.717, 1.165) is 0 Å². The Bertz CT molecular complexity index is 650. The van der Waals surface area contributed by atoms with Crippen LogP contribution in [0.4, 0.5) is 0 Å². The van der Waals surface area contributed by atoms with Crippen molar-refractivity contribution >= 4 is 17.6 Å². The molecule has 0 aliphatic carbocycles. The van der Waals surface area contributed by atoms with E-state index in [4.69, 9.17) is 21.4 Å². The maximum absolute atomic E-state index is 10.8. The maximum Gasteiger partial charge on any atom is 0.374 e. The maximum atomic E-state index is 10.8. The number of aromatic carboxylic acids is 1. The summed E-state index contributed by atoms with van der Waals surface area (Å²) in [6.45, 7) is 1.70. The minimum atomic E-state index is -1.24. The molecule has 0 bridgehead atoms. The minimum Gasteiger partial charge on any atom is -0.504 e. The van der Waals surface area contributed by atoms with Crippen molar-refractivity contribution in [2.75, 3.05) is 7.11 Å². The molecule has 0 saturated carbocycles. The summed E-state index contributed by atoms with van der Waals surface area (Å²) >= 11 is 5.93. The first-order valence-corrected chi connectivity index (χ1v) is 5.60. The fourth-order valence-electron chi connectivity index (χ4n) is 1.75. The third-order valence-corrected chi connectivity index (χ3v) is 2.87. The third kappa shape index (κ3) is 2.22. The topological polar surface area (TPSA) is 92.8 Å². The number of aromatic hydroxyl groups is 1. The molecule has 19 heavy (non-hydrogen) atoms. The first-order chi connectivity index (χ1) is 8.95. The van der Waals surface area contributed by atoms with E-state index >= 15 is 0 Å². The number of hydrogen-bond donors (Lipinski definition) is 2. The molecule has 0 saturated heterocycles. The lowest BCUT2D eigenvalue weighted by molar-refractivity contribution is 0.0652. The highest BCUT2D eigenvalue weighted by Gasteiger charge is 2.21. The number of methoxy groups -OCH3 is 1. The Morgan fingerprint density at radius 1 is 1.47 bits per heavy atom. The number of phenols is 1. The van der Waals surface area contributed by atoms with Crippen LogP contribution in [0.1, 0.15) is 16.1 Å². The highest BCUT2D eigenvalue weighted by atomic mass is 35.5. The number of halogens is 1. The molecule has 0 spiro atoms. The van der Waals surface area contributed by atoms with E-state index in [2.05, 4.69) is 9.68 Å². The summed E-state index contributed by atoms with van der Waals surface area (Å²) < 4.78 is 9.65. The van der Waals surface area contributed by atoms with Crippen molar-refractivity contribution in [3.05, 3.63) is 28.5 Å². The monoisotopic (exact) mass is 283 g/mol. The molecule has 6 nitrogen and oxygen atoms in total. The first-order valence-electron chi connectivity index (χ1n) is 5.22. The number of phenolic OH excluding ortho intramolecular Hbond substituents is 1. The Hall–Kier alpha value is -2.21.